The molecule has 21 heavy (non-hydrogen) atoms. The summed E-state index contributed by atoms with van der Waals surface area (Å²) in [5.41, 5.74) is 1.05. The van der Waals surface area contributed by atoms with Crippen LogP contribution < -0.4 is 5.32 Å². The van der Waals surface area contributed by atoms with Crippen molar-refractivity contribution in [3.63, 3.8) is 0 Å². The van der Waals surface area contributed by atoms with E-state index in [1.807, 2.05) is 27.7 Å². The second kappa shape index (κ2) is 7.72. The number of nitrogens with one attached hydrogen (secondary N) is 1. The molecule has 0 bridgehead atoms. The molecule has 4 nitrogen and oxygen atoms in total. The second-order valence-electron chi connectivity index (χ2n) is 6.06. The van der Waals surface area contributed by atoms with Crippen molar-refractivity contribution in [2.45, 2.75) is 58.3 Å². The maximum atomic E-state index is 12.7. The van der Waals surface area contributed by atoms with Crippen LogP contribution in [0, 0.1) is 12.8 Å². The molecule has 0 unspecified atom stereocenters. The van der Waals surface area contributed by atoms with Crippen LogP contribution in [0.4, 0.5) is 0 Å². The summed E-state index contributed by atoms with van der Waals surface area (Å²) in [4.78, 5) is 1.10. The van der Waals surface area contributed by atoms with Crippen molar-refractivity contribution < 1.29 is 8.42 Å². The minimum absolute atomic E-state index is 0.322. The first kappa shape index (κ1) is 18.6. The molecule has 1 aromatic heterocycles. The van der Waals surface area contributed by atoms with E-state index < -0.39 is 10.0 Å². The Balaban J connectivity index is 3.00. The third kappa shape index (κ3) is 5.06. The molecule has 0 spiro atoms. The Labute approximate surface area is 133 Å². The van der Waals surface area contributed by atoms with E-state index in [4.69, 9.17) is 0 Å². The average molecular weight is 333 g/mol. The molecular weight excluding hydrogens is 304 g/mol. The summed E-state index contributed by atoms with van der Waals surface area (Å²) in [5, 5.41) is 3.34. The Morgan fingerprint density at radius 3 is 2.38 bits per heavy atom. The van der Waals surface area contributed by atoms with Crippen molar-refractivity contribution in [3.05, 3.63) is 16.5 Å². The van der Waals surface area contributed by atoms with Crippen LogP contribution in [-0.2, 0) is 16.6 Å². The molecule has 0 saturated carbocycles. The summed E-state index contributed by atoms with van der Waals surface area (Å²) in [6.45, 7) is 13.9. The summed E-state index contributed by atoms with van der Waals surface area (Å²) in [7, 11) is -3.36. The van der Waals surface area contributed by atoms with Gasteiger partial charge in [-0.3, -0.25) is 0 Å². The standard InChI is InChI=1S/C15H28N2O2S2/c1-7-17(10-11(2)3)21(18,19)15-8-13(6)14(20-15)9-16-12(4)5/h8,11-12,16H,7,9-10H2,1-6H3. The molecule has 0 atom stereocenters. The fraction of sp³-hybridized carbons (Fsp3) is 0.733. The summed E-state index contributed by atoms with van der Waals surface area (Å²) in [6.07, 6.45) is 0. The maximum Gasteiger partial charge on any atom is 0.252 e. The number of thiophene rings is 1. The topological polar surface area (TPSA) is 49.4 Å². The van der Waals surface area contributed by atoms with Gasteiger partial charge in [-0.2, -0.15) is 4.31 Å². The van der Waals surface area contributed by atoms with Crippen LogP contribution >= 0.6 is 11.3 Å². The van der Waals surface area contributed by atoms with Gasteiger partial charge in [0, 0.05) is 30.6 Å². The van der Waals surface area contributed by atoms with Crippen LogP contribution in [0.15, 0.2) is 10.3 Å². The van der Waals surface area contributed by atoms with E-state index >= 15 is 0 Å². The zero-order valence-electron chi connectivity index (χ0n) is 13.9. The summed E-state index contributed by atoms with van der Waals surface area (Å²) < 4.78 is 27.5. The fourth-order valence-electron chi connectivity index (χ4n) is 2.02. The average Bonchev–Trinajstić information content (AvgIpc) is 2.75. The minimum atomic E-state index is -3.36. The van der Waals surface area contributed by atoms with Gasteiger partial charge in [0.05, 0.1) is 0 Å². The smallest absolute Gasteiger partial charge is 0.252 e. The molecule has 0 aromatic carbocycles. The quantitative estimate of drug-likeness (QED) is 0.795. The zero-order valence-corrected chi connectivity index (χ0v) is 15.6. The predicted octanol–water partition coefficient (Wildman–Crippen LogP) is 3.22. The highest BCUT2D eigenvalue weighted by atomic mass is 32.2. The monoisotopic (exact) mass is 332 g/mol. The van der Waals surface area contributed by atoms with Gasteiger partial charge in [-0.25, -0.2) is 8.42 Å². The lowest BCUT2D eigenvalue weighted by atomic mass is 10.2. The number of sulfonamides is 1. The third-order valence-corrected chi connectivity index (χ3v) is 6.81. The molecule has 122 valence electrons. The molecule has 1 heterocycles. The normalized spacial score (nSPS) is 12.8. The highest BCUT2D eigenvalue weighted by Gasteiger charge is 2.26. The Bertz CT molecular complexity index is 548. The third-order valence-electron chi connectivity index (χ3n) is 3.18. The molecule has 1 rings (SSSR count). The molecule has 0 radical (unpaired) electrons. The van der Waals surface area contributed by atoms with Crippen molar-refractivity contribution >= 4 is 21.4 Å². The molecule has 0 amide bonds. The van der Waals surface area contributed by atoms with E-state index in [9.17, 15) is 8.42 Å². The van der Waals surface area contributed by atoms with Crippen LogP contribution in [0.3, 0.4) is 0 Å². The lowest BCUT2D eigenvalue weighted by Gasteiger charge is -2.21. The number of hydrogen-bond acceptors (Lipinski definition) is 4. The van der Waals surface area contributed by atoms with Gasteiger partial charge in [-0.1, -0.05) is 34.6 Å². The van der Waals surface area contributed by atoms with Gasteiger partial charge in [-0.05, 0) is 24.5 Å². The minimum Gasteiger partial charge on any atom is -0.310 e. The Morgan fingerprint density at radius 1 is 1.29 bits per heavy atom. The van der Waals surface area contributed by atoms with E-state index in [1.54, 1.807) is 10.4 Å². The van der Waals surface area contributed by atoms with Crippen molar-refractivity contribution in [2.75, 3.05) is 13.1 Å². The first-order valence-electron chi connectivity index (χ1n) is 7.51. The van der Waals surface area contributed by atoms with Gasteiger partial charge in [-0.15, -0.1) is 11.3 Å². The van der Waals surface area contributed by atoms with Gasteiger partial charge >= 0.3 is 0 Å². The van der Waals surface area contributed by atoms with Crippen molar-refractivity contribution in [3.8, 4) is 0 Å². The van der Waals surface area contributed by atoms with E-state index in [-0.39, 0.29) is 0 Å². The molecule has 0 aliphatic heterocycles. The lowest BCUT2D eigenvalue weighted by molar-refractivity contribution is 0.382. The maximum absolute atomic E-state index is 12.7. The number of aryl methyl sites for hydroxylation is 1. The Morgan fingerprint density at radius 2 is 1.90 bits per heavy atom. The van der Waals surface area contributed by atoms with E-state index in [2.05, 4.69) is 19.2 Å². The number of hydrogen-bond donors (Lipinski definition) is 1. The molecule has 0 aliphatic rings. The first-order chi connectivity index (χ1) is 9.68. The molecule has 6 heteroatoms. The predicted molar refractivity (Wildman–Crippen MR) is 90.3 cm³/mol. The van der Waals surface area contributed by atoms with Gasteiger partial charge in [0.1, 0.15) is 4.21 Å². The molecule has 1 N–H and O–H groups in total. The van der Waals surface area contributed by atoms with Crippen molar-refractivity contribution in [1.29, 1.82) is 0 Å². The summed E-state index contributed by atoms with van der Waals surface area (Å²) in [5.74, 6) is 0.322. The van der Waals surface area contributed by atoms with Gasteiger partial charge in [0.15, 0.2) is 0 Å². The lowest BCUT2D eigenvalue weighted by Crippen LogP contribution is -2.33. The van der Waals surface area contributed by atoms with E-state index in [0.717, 1.165) is 17.0 Å². The Kier molecular flexibility index (Phi) is 6.84. The van der Waals surface area contributed by atoms with Gasteiger partial charge in [0.25, 0.3) is 10.0 Å². The second-order valence-corrected chi connectivity index (χ2v) is 9.36. The van der Waals surface area contributed by atoms with Crippen LogP contribution in [0.25, 0.3) is 0 Å². The highest BCUT2D eigenvalue weighted by Crippen LogP contribution is 2.29. The first-order valence-corrected chi connectivity index (χ1v) is 9.77. The fourth-order valence-corrected chi connectivity index (χ4v) is 5.33. The highest BCUT2D eigenvalue weighted by molar-refractivity contribution is 7.91. The van der Waals surface area contributed by atoms with Crippen molar-refractivity contribution in [2.24, 2.45) is 5.92 Å². The van der Waals surface area contributed by atoms with E-state index in [0.29, 0.717) is 29.3 Å². The molecular formula is C15H28N2O2S2. The van der Waals surface area contributed by atoms with E-state index in [1.165, 1.54) is 11.3 Å². The molecule has 0 fully saturated rings. The summed E-state index contributed by atoms with van der Waals surface area (Å²) >= 11 is 1.39. The van der Waals surface area contributed by atoms with Gasteiger partial charge < -0.3 is 5.32 Å². The molecule has 0 aliphatic carbocycles. The zero-order chi connectivity index (χ0) is 16.2. The van der Waals surface area contributed by atoms with Gasteiger partial charge in [0.2, 0.25) is 0 Å². The number of rotatable bonds is 8. The molecule has 1 aromatic rings. The Hall–Kier alpha value is -0.430. The number of nitrogens with zero attached hydrogens (tertiary/aromatic N) is 1. The molecule has 0 saturated heterocycles. The van der Waals surface area contributed by atoms with Crippen LogP contribution in [-0.4, -0.2) is 31.9 Å². The van der Waals surface area contributed by atoms with Crippen LogP contribution in [0.5, 0.6) is 0 Å². The van der Waals surface area contributed by atoms with Crippen molar-refractivity contribution in [1.82, 2.24) is 9.62 Å². The summed E-state index contributed by atoms with van der Waals surface area (Å²) in [6, 6.07) is 2.19. The van der Waals surface area contributed by atoms with Crippen LogP contribution in [0.2, 0.25) is 0 Å². The largest absolute Gasteiger partial charge is 0.310 e. The van der Waals surface area contributed by atoms with Crippen LogP contribution in [0.1, 0.15) is 45.1 Å². The SMILES string of the molecule is CCN(CC(C)C)S(=O)(=O)c1cc(C)c(CNC(C)C)s1.